The Morgan fingerprint density at radius 3 is 2.17 bits per heavy atom. The van der Waals surface area contributed by atoms with Gasteiger partial charge < -0.3 is 15.1 Å². The summed E-state index contributed by atoms with van der Waals surface area (Å²) in [6, 6.07) is 5.21. The van der Waals surface area contributed by atoms with Crippen molar-refractivity contribution in [2.75, 3.05) is 13.1 Å². The second-order valence-electron chi connectivity index (χ2n) is 4.15. The molecule has 2 N–H and O–H groups in total. The number of β-amino-alcohol motifs (C(OH)–C–C–N with tert-alkyl or cyclic N) is 2. The number of non-ortho nitro benzene ring substituents is 1. The number of nitrogens with zero attached hydrogens (tertiary/aromatic N) is 2. The van der Waals surface area contributed by atoms with Gasteiger partial charge in [-0.25, -0.2) is 0 Å². The number of nitro benzene ring substituents is 1. The molecule has 1 aliphatic rings. The molecule has 0 radical (unpaired) electrons. The number of nitro groups is 1. The van der Waals surface area contributed by atoms with Gasteiger partial charge in [0, 0.05) is 30.8 Å². The zero-order valence-electron chi connectivity index (χ0n) is 9.39. The van der Waals surface area contributed by atoms with E-state index in [2.05, 4.69) is 0 Å². The van der Waals surface area contributed by atoms with E-state index in [0.717, 1.165) is 0 Å². The zero-order chi connectivity index (χ0) is 13.3. The Morgan fingerprint density at radius 2 is 1.72 bits per heavy atom. The summed E-state index contributed by atoms with van der Waals surface area (Å²) in [7, 11) is 0. The Morgan fingerprint density at radius 1 is 1.22 bits per heavy atom. The fraction of sp³-hybridized carbons (Fsp3) is 0.364. The molecular weight excluding hydrogens is 240 g/mol. The third-order valence-corrected chi connectivity index (χ3v) is 2.87. The minimum absolute atomic E-state index is 0.0665. The molecule has 1 heterocycles. The number of carbonyl (C=O) groups excluding carboxylic acids is 1. The number of hydrogen-bond donors (Lipinski definition) is 2. The van der Waals surface area contributed by atoms with Crippen molar-refractivity contribution in [2.45, 2.75) is 12.2 Å². The Hall–Kier alpha value is -1.99. The minimum atomic E-state index is -0.938. The molecule has 0 aliphatic carbocycles. The summed E-state index contributed by atoms with van der Waals surface area (Å²) >= 11 is 0. The lowest BCUT2D eigenvalue weighted by atomic mass is 10.2. The minimum Gasteiger partial charge on any atom is -0.388 e. The molecular formula is C11H12N2O5. The average Bonchev–Trinajstić information content (AvgIpc) is 2.69. The number of amides is 1. The zero-order valence-corrected chi connectivity index (χ0v) is 9.39. The van der Waals surface area contributed by atoms with Crippen molar-refractivity contribution in [2.24, 2.45) is 0 Å². The Kier molecular flexibility index (Phi) is 3.26. The van der Waals surface area contributed by atoms with Gasteiger partial charge in [-0.3, -0.25) is 14.9 Å². The highest BCUT2D eigenvalue weighted by Gasteiger charge is 2.32. The van der Waals surface area contributed by atoms with Gasteiger partial charge in [-0.1, -0.05) is 0 Å². The molecule has 96 valence electrons. The summed E-state index contributed by atoms with van der Waals surface area (Å²) < 4.78 is 0. The second-order valence-corrected chi connectivity index (χ2v) is 4.15. The Labute approximate surface area is 102 Å². The summed E-state index contributed by atoms with van der Waals surface area (Å²) in [6.45, 7) is 0.133. The van der Waals surface area contributed by atoms with Crippen LogP contribution in [0.5, 0.6) is 0 Å². The van der Waals surface area contributed by atoms with E-state index in [1.165, 1.54) is 29.2 Å². The molecule has 0 spiro atoms. The molecule has 0 bridgehead atoms. The topological polar surface area (TPSA) is 104 Å². The van der Waals surface area contributed by atoms with Gasteiger partial charge in [0.15, 0.2) is 0 Å². The summed E-state index contributed by atoms with van der Waals surface area (Å²) in [5.74, 6) is -0.361. The van der Waals surface area contributed by atoms with Crippen molar-refractivity contribution < 1.29 is 19.9 Å². The molecule has 1 aromatic rings. The van der Waals surface area contributed by atoms with Crippen LogP contribution in [0.25, 0.3) is 0 Å². The standard InChI is InChI=1S/C11H12N2O5/c14-9-5-12(6-10(9)15)11(16)7-1-3-8(4-2-7)13(17)18/h1-4,9-10,14-15H,5-6H2. The molecule has 18 heavy (non-hydrogen) atoms. The van der Waals surface area contributed by atoms with E-state index >= 15 is 0 Å². The van der Waals surface area contributed by atoms with Gasteiger partial charge in [-0.05, 0) is 12.1 Å². The van der Waals surface area contributed by atoms with Crippen LogP contribution in [0.4, 0.5) is 5.69 Å². The van der Waals surface area contributed by atoms with E-state index in [9.17, 15) is 25.1 Å². The number of hydrogen-bond acceptors (Lipinski definition) is 5. The lowest BCUT2D eigenvalue weighted by molar-refractivity contribution is -0.384. The van der Waals surface area contributed by atoms with Crippen LogP contribution in [-0.4, -0.2) is 51.2 Å². The molecule has 1 aliphatic heterocycles. The van der Waals surface area contributed by atoms with Gasteiger partial charge in [-0.2, -0.15) is 0 Å². The molecule has 2 unspecified atom stereocenters. The molecule has 7 nitrogen and oxygen atoms in total. The number of rotatable bonds is 2. The van der Waals surface area contributed by atoms with Gasteiger partial charge >= 0.3 is 0 Å². The summed E-state index contributed by atoms with van der Waals surface area (Å²) in [5.41, 5.74) is 0.204. The number of aliphatic hydroxyl groups is 2. The lowest BCUT2D eigenvalue weighted by Crippen LogP contribution is -2.29. The largest absolute Gasteiger partial charge is 0.388 e. The number of aliphatic hydroxyl groups excluding tert-OH is 2. The first-order valence-corrected chi connectivity index (χ1v) is 5.39. The normalized spacial score (nSPS) is 23.1. The fourth-order valence-corrected chi connectivity index (χ4v) is 1.84. The van der Waals surface area contributed by atoms with E-state index < -0.39 is 17.1 Å². The van der Waals surface area contributed by atoms with Crippen molar-refractivity contribution in [3.8, 4) is 0 Å². The maximum atomic E-state index is 12.0. The summed E-state index contributed by atoms with van der Waals surface area (Å²) in [6.07, 6.45) is -1.88. The highest BCUT2D eigenvalue weighted by molar-refractivity contribution is 5.94. The number of benzene rings is 1. The van der Waals surface area contributed by atoms with Crippen molar-refractivity contribution in [3.63, 3.8) is 0 Å². The predicted molar refractivity (Wildman–Crippen MR) is 61.0 cm³/mol. The van der Waals surface area contributed by atoms with Crippen LogP contribution in [0.15, 0.2) is 24.3 Å². The highest BCUT2D eigenvalue weighted by atomic mass is 16.6. The maximum absolute atomic E-state index is 12.0. The Bertz CT molecular complexity index is 463. The first kappa shape index (κ1) is 12.5. The van der Waals surface area contributed by atoms with E-state index in [-0.39, 0.29) is 24.7 Å². The van der Waals surface area contributed by atoms with Gasteiger partial charge in [0.2, 0.25) is 0 Å². The molecule has 0 saturated carbocycles. The van der Waals surface area contributed by atoms with E-state index in [1.54, 1.807) is 0 Å². The fourth-order valence-electron chi connectivity index (χ4n) is 1.84. The molecule has 1 aromatic carbocycles. The van der Waals surface area contributed by atoms with E-state index in [4.69, 9.17) is 0 Å². The smallest absolute Gasteiger partial charge is 0.269 e. The van der Waals surface area contributed by atoms with Gasteiger partial charge in [0.25, 0.3) is 11.6 Å². The van der Waals surface area contributed by atoms with Crippen LogP contribution in [0.1, 0.15) is 10.4 Å². The number of carbonyl (C=O) groups is 1. The van der Waals surface area contributed by atoms with Crippen molar-refractivity contribution >= 4 is 11.6 Å². The second kappa shape index (κ2) is 4.71. The predicted octanol–water partition coefficient (Wildman–Crippen LogP) is -0.228. The van der Waals surface area contributed by atoms with Crippen molar-refractivity contribution in [1.29, 1.82) is 0 Å². The molecule has 1 fully saturated rings. The highest BCUT2D eigenvalue weighted by Crippen LogP contribution is 2.17. The summed E-state index contributed by atoms with van der Waals surface area (Å²) in [4.78, 5) is 23.2. The first-order chi connectivity index (χ1) is 8.49. The summed E-state index contributed by atoms with van der Waals surface area (Å²) in [5, 5.41) is 29.2. The van der Waals surface area contributed by atoms with E-state index in [1.807, 2.05) is 0 Å². The molecule has 2 atom stereocenters. The monoisotopic (exact) mass is 252 g/mol. The van der Waals surface area contributed by atoms with Crippen LogP contribution in [0.2, 0.25) is 0 Å². The molecule has 0 aromatic heterocycles. The lowest BCUT2D eigenvalue weighted by Gasteiger charge is -2.14. The third-order valence-electron chi connectivity index (χ3n) is 2.87. The third kappa shape index (κ3) is 2.31. The SMILES string of the molecule is O=C(c1ccc([N+](=O)[O-])cc1)N1CC(O)C(O)C1. The Balaban J connectivity index is 2.12. The van der Waals surface area contributed by atoms with Crippen LogP contribution in [0.3, 0.4) is 0 Å². The van der Waals surface area contributed by atoms with Crippen molar-refractivity contribution in [3.05, 3.63) is 39.9 Å². The van der Waals surface area contributed by atoms with Crippen LogP contribution in [-0.2, 0) is 0 Å². The van der Waals surface area contributed by atoms with Gasteiger partial charge in [0.1, 0.15) is 0 Å². The van der Waals surface area contributed by atoms with Crippen LogP contribution in [0, 0.1) is 10.1 Å². The first-order valence-electron chi connectivity index (χ1n) is 5.39. The molecule has 1 amide bonds. The molecule has 1 saturated heterocycles. The molecule has 2 rings (SSSR count). The van der Waals surface area contributed by atoms with Gasteiger partial charge in [0.05, 0.1) is 17.1 Å². The maximum Gasteiger partial charge on any atom is 0.269 e. The molecule has 7 heteroatoms. The van der Waals surface area contributed by atoms with Crippen LogP contribution < -0.4 is 0 Å². The van der Waals surface area contributed by atoms with Gasteiger partial charge in [-0.15, -0.1) is 0 Å². The average molecular weight is 252 g/mol. The quantitative estimate of drug-likeness (QED) is 0.559. The number of likely N-dealkylation sites (tertiary alicyclic amines) is 1. The van der Waals surface area contributed by atoms with Crippen LogP contribution >= 0.6 is 0 Å². The van der Waals surface area contributed by atoms with E-state index in [0.29, 0.717) is 5.56 Å². The van der Waals surface area contributed by atoms with Crippen molar-refractivity contribution in [1.82, 2.24) is 4.90 Å².